The molecule has 1 N–H and O–H groups in total. The van der Waals surface area contributed by atoms with Gasteiger partial charge in [-0.3, -0.25) is 4.57 Å². The second-order valence-electron chi connectivity index (χ2n) is 5.47. The van der Waals surface area contributed by atoms with E-state index in [0.717, 1.165) is 5.69 Å². The van der Waals surface area contributed by atoms with E-state index in [0.29, 0.717) is 29.1 Å². The number of aryl methyl sites for hydroxylation is 1. The first-order valence-electron chi connectivity index (χ1n) is 7.52. The van der Waals surface area contributed by atoms with Crippen molar-refractivity contribution in [3.05, 3.63) is 64.7 Å². The molecule has 0 aliphatic carbocycles. The number of oxazole rings is 1. The van der Waals surface area contributed by atoms with E-state index >= 15 is 0 Å². The van der Waals surface area contributed by atoms with Gasteiger partial charge in [-0.2, -0.15) is 0 Å². The molecule has 0 saturated carbocycles. The highest BCUT2D eigenvalue weighted by atomic mass is 19.1. The van der Waals surface area contributed by atoms with Crippen molar-refractivity contribution in [2.75, 3.05) is 5.32 Å². The number of halogens is 1. The number of fused-ring (bicyclic) bond motifs is 1. The predicted molar refractivity (Wildman–Crippen MR) is 88.5 cm³/mol. The molecule has 126 valence electrons. The van der Waals surface area contributed by atoms with E-state index in [2.05, 4.69) is 15.5 Å². The number of nitrogens with one attached hydrogen (secondary N) is 1. The topological polar surface area (TPSA) is 86.1 Å². The molecule has 7 nitrogen and oxygen atoms in total. The summed E-state index contributed by atoms with van der Waals surface area (Å²) < 4.78 is 25.3. The Hall–Kier alpha value is -3.42. The lowest BCUT2D eigenvalue weighted by Crippen LogP contribution is -2.08. The molecular formula is C17H13FN4O3. The highest BCUT2D eigenvalue weighted by Gasteiger charge is 2.10. The first-order valence-corrected chi connectivity index (χ1v) is 7.52. The Labute approximate surface area is 140 Å². The number of hydrogen-bond donors (Lipinski definition) is 1. The minimum atomic E-state index is -0.413. The van der Waals surface area contributed by atoms with Crippen LogP contribution in [0.15, 0.2) is 56.1 Å². The summed E-state index contributed by atoms with van der Waals surface area (Å²) in [5, 5.41) is 11.0. The van der Waals surface area contributed by atoms with Crippen LogP contribution in [0.25, 0.3) is 22.6 Å². The van der Waals surface area contributed by atoms with E-state index < -0.39 is 5.76 Å². The SMILES string of the molecule is Cn1c(=O)oc2ccc(NCc3nnc(-c4cccc(F)c4)o3)cc21. The molecule has 2 heterocycles. The van der Waals surface area contributed by atoms with Crippen molar-refractivity contribution in [3.8, 4) is 11.5 Å². The summed E-state index contributed by atoms with van der Waals surface area (Å²) in [6.07, 6.45) is 0. The van der Waals surface area contributed by atoms with Crippen LogP contribution in [0.1, 0.15) is 5.89 Å². The van der Waals surface area contributed by atoms with Gasteiger partial charge in [0.2, 0.25) is 11.8 Å². The lowest BCUT2D eigenvalue weighted by molar-refractivity contribution is 0.514. The summed E-state index contributed by atoms with van der Waals surface area (Å²) in [4.78, 5) is 11.5. The van der Waals surface area contributed by atoms with Crippen LogP contribution in [-0.4, -0.2) is 14.8 Å². The molecule has 8 heteroatoms. The maximum Gasteiger partial charge on any atom is 0.419 e. The van der Waals surface area contributed by atoms with Gasteiger partial charge in [0.1, 0.15) is 5.82 Å². The van der Waals surface area contributed by atoms with E-state index in [-0.39, 0.29) is 11.7 Å². The summed E-state index contributed by atoms with van der Waals surface area (Å²) in [6.45, 7) is 0.291. The maximum atomic E-state index is 13.3. The number of nitrogens with zero attached hydrogens (tertiary/aromatic N) is 3. The van der Waals surface area contributed by atoms with Gasteiger partial charge in [0.15, 0.2) is 5.58 Å². The number of benzene rings is 2. The Morgan fingerprint density at radius 2 is 2.04 bits per heavy atom. The normalized spacial score (nSPS) is 11.1. The standard InChI is InChI=1S/C17H13FN4O3/c1-22-13-8-12(5-6-14(13)24-17(22)23)19-9-15-20-21-16(25-15)10-3-2-4-11(18)7-10/h2-8,19H,9H2,1H3. The minimum absolute atomic E-state index is 0.254. The Bertz CT molecular complexity index is 1110. The van der Waals surface area contributed by atoms with Crippen LogP contribution >= 0.6 is 0 Å². The fraction of sp³-hybridized carbons (Fsp3) is 0.118. The fourth-order valence-electron chi connectivity index (χ4n) is 2.48. The summed E-state index contributed by atoms with van der Waals surface area (Å²) in [5.74, 6) is -0.164. The average molecular weight is 340 g/mol. The van der Waals surface area contributed by atoms with Crippen molar-refractivity contribution in [1.29, 1.82) is 0 Å². The van der Waals surface area contributed by atoms with Crippen LogP contribution in [0.2, 0.25) is 0 Å². The molecule has 0 aliphatic rings. The van der Waals surface area contributed by atoms with Crippen molar-refractivity contribution in [3.63, 3.8) is 0 Å². The molecule has 4 aromatic rings. The second kappa shape index (κ2) is 5.90. The fourth-order valence-corrected chi connectivity index (χ4v) is 2.48. The molecule has 0 saturated heterocycles. The van der Waals surface area contributed by atoms with E-state index in [9.17, 15) is 9.18 Å². The van der Waals surface area contributed by atoms with Gasteiger partial charge in [0.05, 0.1) is 12.1 Å². The van der Waals surface area contributed by atoms with Crippen LogP contribution in [0.5, 0.6) is 0 Å². The van der Waals surface area contributed by atoms with Crippen LogP contribution in [0.4, 0.5) is 10.1 Å². The predicted octanol–water partition coefficient (Wildman–Crippen LogP) is 2.93. The molecule has 0 amide bonds. The highest BCUT2D eigenvalue weighted by Crippen LogP contribution is 2.20. The minimum Gasteiger partial charge on any atom is -0.419 e. The third kappa shape index (κ3) is 2.89. The maximum absolute atomic E-state index is 13.3. The van der Waals surface area contributed by atoms with E-state index in [1.165, 1.54) is 16.7 Å². The molecule has 25 heavy (non-hydrogen) atoms. The van der Waals surface area contributed by atoms with Crippen molar-refractivity contribution >= 4 is 16.8 Å². The first-order chi connectivity index (χ1) is 12.1. The number of hydrogen-bond acceptors (Lipinski definition) is 6. The largest absolute Gasteiger partial charge is 0.419 e. The van der Waals surface area contributed by atoms with E-state index in [1.807, 2.05) is 0 Å². The Balaban J connectivity index is 1.52. The van der Waals surface area contributed by atoms with Gasteiger partial charge < -0.3 is 14.2 Å². The first kappa shape index (κ1) is 15.1. The third-order valence-electron chi connectivity index (χ3n) is 3.77. The van der Waals surface area contributed by atoms with Crippen molar-refractivity contribution < 1.29 is 13.2 Å². The Morgan fingerprint density at radius 3 is 2.88 bits per heavy atom. The summed E-state index contributed by atoms with van der Waals surface area (Å²) >= 11 is 0. The zero-order chi connectivity index (χ0) is 17.4. The third-order valence-corrected chi connectivity index (χ3v) is 3.77. The molecule has 2 aromatic heterocycles. The second-order valence-corrected chi connectivity index (χ2v) is 5.47. The van der Waals surface area contributed by atoms with Gasteiger partial charge >= 0.3 is 5.76 Å². The van der Waals surface area contributed by atoms with Gasteiger partial charge in [-0.05, 0) is 36.4 Å². The van der Waals surface area contributed by atoms with E-state index in [1.54, 1.807) is 37.4 Å². The summed E-state index contributed by atoms with van der Waals surface area (Å²) in [6, 6.07) is 11.3. The molecule has 0 radical (unpaired) electrons. The molecule has 2 aromatic carbocycles. The molecule has 4 rings (SSSR count). The van der Waals surface area contributed by atoms with Crippen LogP contribution in [-0.2, 0) is 13.6 Å². The van der Waals surface area contributed by atoms with Crippen molar-refractivity contribution in [1.82, 2.24) is 14.8 Å². The Kier molecular flexibility index (Phi) is 3.57. The zero-order valence-corrected chi connectivity index (χ0v) is 13.2. The van der Waals surface area contributed by atoms with Gasteiger partial charge in [0, 0.05) is 18.3 Å². The monoisotopic (exact) mass is 340 g/mol. The summed E-state index contributed by atoms with van der Waals surface area (Å²) in [7, 11) is 1.64. The lowest BCUT2D eigenvalue weighted by atomic mass is 10.2. The quantitative estimate of drug-likeness (QED) is 0.615. The Morgan fingerprint density at radius 1 is 1.16 bits per heavy atom. The van der Waals surface area contributed by atoms with Gasteiger partial charge in [-0.25, -0.2) is 9.18 Å². The molecule has 0 atom stereocenters. The van der Waals surface area contributed by atoms with Crippen molar-refractivity contribution in [2.45, 2.75) is 6.54 Å². The number of anilines is 1. The molecule has 0 bridgehead atoms. The van der Waals surface area contributed by atoms with Crippen LogP contribution in [0.3, 0.4) is 0 Å². The van der Waals surface area contributed by atoms with Crippen LogP contribution < -0.4 is 11.1 Å². The lowest BCUT2D eigenvalue weighted by Gasteiger charge is -2.03. The molecule has 0 fully saturated rings. The van der Waals surface area contributed by atoms with Gasteiger partial charge in [-0.1, -0.05) is 6.07 Å². The molecule has 0 aliphatic heterocycles. The molecular weight excluding hydrogens is 327 g/mol. The highest BCUT2D eigenvalue weighted by molar-refractivity contribution is 5.77. The zero-order valence-electron chi connectivity index (χ0n) is 13.2. The van der Waals surface area contributed by atoms with Gasteiger partial charge in [-0.15, -0.1) is 10.2 Å². The van der Waals surface area contributed by atoms with E-state index in [4.69, 9.17) is 8.83 Å². The molecule has 0 unspecified atom stereocenters. The average Bonchev–Trinajstić information content (AvgIpc) is 3.19. The van der Waals surface area contributed by atoms with Crippen LogP contribution in [0, 0.1) is 5.82 Å². The summed E-state index contributed by atoms with van der Waals surface area (Å²) in [5.41, 5.74) is 2.49. The molecule has 0 spiro atoms. The number of aromatic nitrogens is 3. The number of rotatable bonds is 4. The smallest absolute Gasteiger partial charge is 0.419 e. The van der Waals surface area contributed by atoms with Gasteiger partial charge in [0.25, 0.3) is 0 Å². The van der Waals surface area contributed by atoms with Crippen molar-refractivity contribution in [2.24, 2.45) is 7.05 Å².